The van der Waals surface area contributed by atoms with Gasteiger partial charge in [-0.3, -0.25) is 10.1 Å². The fourth-order valence-corrected chi connectivity index (χ4v) is 12.1. The van der Waals surface area contributed by atoms with E-state index in [1.54, 1.807) is 26.8 Å². The van der Waals surface area contributed by atoms with Crippen LogP contribution in [0.15, 0.2) is 45.1 Å². The van der Waals surface area contributed by atoms with Crippen LogP contribution in [0.3, 0.4) is 0 Å². The fourth-order valence-electron chi connectivity index (χ4n) is 12.1. The molecule has 4 N–H and O–H groups in total. The largest absolute Gasteiger partial charge is 0.466 e. The van der Waals surface area contributed by atoms with Crippen molar-refractivity contribution in [3.8, 4) is 0 Å². The highest BCUT2D eigenvalue weighted by molar-refractivity contribution is 6.12. The van der Waals surface area contributed by atoms with Crippen LogP contribution in [0.5, 0.6) is 0 Å². The summed E-state index contributed by atoms with van der Waals surface area (Å²) >= 11 is 0. The Morgan fingerprint density at radius 1 is 1.04 bits per heavy atom. The van der Waals surface area contributed by atoms with Crippen LogP contribution in [0.1, 0.15) is 60.3 Å². The summed E-state index contributed by atoms with van der Waals surface area (Å²) in [6.07, 6.45) is 1.45. The summed E-state index contributed by atoms with van der Waals surface area (Å²) in [7, 11) is 1.18. The highest BCUT2D eigenvalue weighted by atomic mass is 17.1. The Bertz CT molecular complexity index is 1750. The van der Waals surface area contributed by atoms with Crippen molar-refractivity contribution in [3.63, 3.8) is 0 Å². The average Bonchev–Trinajstić information content (AvgIpc) is 3.99. The van der Waals surface area contributed by atoms with Crippen LogP contribution >= 0.6 is 0 Å². The Balaban J connectivity index is 1.41. The van der Waals surface area contributed by atoms with E-state index < -0.39 is 75.9 Å². The van der Waals surface area contributed by atoms with Crippen LogP contribution in [0.4, 0.5) is 0 Å². The number of methoxy groups -OCH3 is 1. The zero-order valence-corrected chi connectivity index (χ0v) is 27.9. The predicted molar refractivity (Wildman–Crippen MR) is 163 cm³/mol. The van der Waals surface area contributed by atoms with Crippen LogP contribution in [-0.4, -0.2) is 87.5 Å². The third-order valence-corrected chi connectivity index (χ3v) is 14.5. The van der Waals surface area contributed by atoms with Gasteiger partial charge >= 0.3 is 17.9 Å². The van der Waals surface area contributed by atoms with Crippen molar-refractivity contribution in [3.05, 3.63) is 45.1 Å². The lowest BCUT2D eigenvalue weighted by Gasteiger charge is -2.63. The summed E-state index contributed by atoms with van der Waals surface area (Å²) in [4.78, 5) is 59.8. The van der Waals surface area contributed by atoms with Crippen LogP contribution < -0.4 is 0 Å². The quantitative estimate of drug-likeness (QED) is 0.107. The monoisotopic (exact) mass is 666 g/mol. The first-order chi connectivity index (χ1) is 22.6. The molecule has 0 radical (unpaired) electrons. The van der Waals surface area contributed by atoms with E-state index in [0.29, 0.717) is 29.6 Å². The number of fused-ring (bicyclic) bond motifs is 7. The second-order valence-electron chi connectivity index (χ2n) is 15.8. The van der Waals surface area contributed by atoms with Gasteiger partial charge in [0.2, 0.25) is 0 Å². The third kappa shape index (κ3) is 3.25. The number of aliphatic hydroxyl groups is 3. The van der Waals surface area contributed by atoms with Gasteiger partial charge in [-0.05, 0) is 86.7 Å². The Morgan fingerprint density at radius 3 is 2.35 bits per heavy atom. The lowest BCUT2D eigenvalue weighted by molar-refractivity contribution is -0.330. The van der Waals surface area contributed by atoms with Gasteiger partial charge in [-0.1, -0.05) is 19.9 Å². The van der Waals surface area contributed by atoms with Crippen molar-refractivity contribution in [1.29, 1.82) is 0 Å². The number of allylic oxidation sites excluding steroid dienone is 1. The molecule has 8 rings (SSSR count). The van der Waals surface area contributed by atoms with Crippen LogP contribution in [-0.2, 0) is 38.3 Å². The maximum atomic E-state index is 14.4. The molecule has 1 heterocycles. The molecule has 12 atom stereocenters. The van der Waals surface area contributed by atoms with Gasteiger partial charge in [0.15, 0.2) is 11.4 Å². The van der Waals surface area contributed by atoms with Crippen molar-refractivity contribution in [2.24, 2.45) is 46.3 Å². The van der Waals surface area contributed by atoms with Gasteiger partial charge in [-0.2, -0.15) is 0 Å². The first kappa shape index (κ1) is 32.1. The molecule has 48 heavy (non-hydrogen) atoms. The molecule has 5 saturated carbocycles. The van der Waals surface area contributed by atoms with Gasteiger partial charge < -0.3 is 29.5 Å². The number of Topliss-reactive ketones (excluding diaryl/α,β-unsaturated/α-hetero) is 1. The molecule has 12 unspecified atom stereocenters. The minimum Gasteiger partial charge on any atom is -0.466 e. The highest BCUT2D eigenvalue weighted by Gasteiger charge is 2.86. The van der Waals surface area contributed by atoms with E-state index in [2.05, 4.69) is 0 Å². The van der Waals surface area contributed by atoms with Gasteiger partial charge in [0.25, 0.3) is 0 Å². The SMILES string of the molecule is CC=C(C)C(=O)OCC1(O)C2CC2C2(C)C3CC4(OO)C5=C(C(=C(C)C(=O)OC)C(=O)C(O)C5(C)C5CC54)C34OC(=O)C(CO)=C4CC12. The van der Waals surface area contributed by atoms with E-state index in [0.717, 1.165) is 0 Å². The van der Waals surface area contributed by atoms with Crippen molar-refractivity contribution < 1.29 is 58.9 Å². The smallest absolute Gasteiger partial charge is 0.337 e. The van der Waals surface area contributed by atoms with Crippen LogP contribution in [0, 0.1) is 46.3 Å². The molecule has 12 heteroatoms. The van der Waals surface area contributed by atoms with Gasteiger partial charge in [-0.25, -0.2) is 19.3 Å². The van der Waals surface area contributed by atoms with Crippen molar-refractivity contribution >= 4 is 23.7 Å². The molecule has 5 fully saturated rings. The van der Waals surface area contributed by atoms with Gasteiger partial charge in [0, 0.05) is 39.5 Å². The zero-order valence-electron chi connectivity index (χ0n) is 27.9. The molecule has 7 aliphatic carbocycles. The predicted octanol–water partition coefficient (Wildman–Crippen LogP) is 2.12. The molecular formula is C36H42O12. The number of carbonyl (C=O) groups excluding carboxylic acids is 4. The number of hydrogen-bond donors (Lipinski definition) is 4. The zero-order chi connectivity index (χ0) is 34.7. The molecule has 258 valence electrons. The summed E-state index contributed by atoms with van der Waals surface area (Å²) < 4.78 is 17.3. The van der Waals surface area contributed by atoms with E-state index in [1.165, 1.54) is 14.0 Å². The summed E-state index contributed by atoms with van der Waals surface area (Å²) in [5.41, 5.74) is -5.36. The summed E-state index contributed by atoms with van der Waals surface area (Å²) in [6, 6.07) is 0. The second-order valence-corrected chi connectivity index (χ2v) is 15.8. The molecular weight excluding hydrogens is 624 g/mol. The van der Waals surface area contributed by atoms with Crippen molar-refractivity contribution in [1.82, 2.24) is 0 Å². The van der Waals surface area contributed by atoms with E-state index in [9.17, 15) is 39.8 Å². The highest BCUT2D eigenvalue weighted by Crippen LogP contribution is 2.84. The molecule has 8 aliphatic rings. The molecule has 0 aromatic rings. The summed E-state index contributed by atoms with van der Waals surface area (Å²) in [6.45, 7) is 7.62. The Hall–Kier alpha value is -3.16. The number of rotatable bonds is 6. The first-order valence-corrected chi connectivity index (χ1v) is 16.8. The number of esters is 3. The molecule has 0 saturated heterocycles. The van der Waals surface area contributed by atoms with Gasteiger partial charge in [0.1, 0.15) is 23.9 Å². The normalized spacial score (nSPS) is 48.5. The lowest BCUT2D eigenvalue weighted by Crippen LogP contribution is -2.67. The Labute approximate surface area is 277 Å². The number of aliphatic hydroxyl groups excluding tert-OH is 2. The first-order valence-electron chi connectivity index (χ1n) is 16.8. The minimum absolute atomic E-state index is 0.00394. The number of ketones is 1. The lowest BCUT2D eigenvalue weighted by atomic mass is 9.43. The minimum atomic E-state index is -1.67. The van der Waals surface area contributed by atoms with Crippen LogP contribution in [0.2, 0.25) is 0 Å². The fraction of sp³-hybridized carbons (Fsp3) is 0.667. The number of hydrogen-bond acceptors (Lipinski definition) is 12. The molecule has 1 aliphatic heterocycles. The molecule has 0 amide bonds. The number of carbonyl (C=O) groups is 4. The molecule has 1 spiro atoms. The number of ether oxygens (including phenoxy) is 3. The third-order valence-electron chi connectivity index (χ3n) is 14.5. The van der Waals surface area contributed by atoms with Crippen LogP contribution in [0.25, 0.3) is 0 Å². The van der Waals surface area contributed by atoms with E-state index in [-0.39, 0.29) is 65.4 Å². The maximum absolute atomic E-state index is 14.4. The summed E-state index contributed by atoms with van der Waals surface area (Å²) in [5, 5.41) is 45.9. The summed E-state index contributed by atoms with van der Waals surface area (Å²) in [5.74, 6) is -5.00. The van der Waals surface area contributed by atoms with Crippen molar-refractivity contribution in [2.45, 2.75) is 83.2 Å². The Morgan fingerprint density at radius 2 is 1.73 bits per heavy atom. The standard InChI is InChI=1S/C36H42O12/c1-7-14(2)29(40)46-13-34(43)20-8-18(20)32(4)22(34)10-17-16(12-37)31(42)47-36(17)23(32)11-35(48-44)21-9-19(21)33(5)27(35)25(36)24(26(38)28(33)39)15(3)30(41)45-6/h7,18-23,28,37,39,43-44H,8-13H2,1-6H3. The maximum Gasteiger partial charge on any atom is 0.337 e. The molecule has 0 aromatic heterocycles. The average molecular weight is 667 g/mol. The van der Waals surface area contributed by atoms with Crippen molar-refractivity contribution in [2.75, 3.05) is 20.3 Å². The van der Waals surface area contributed by atoms with E-state index >= 15 is 0 Å². The molecule has 0 aromatic carbocycles. The molecule has 0 bridgehead atoms. The van der Waals surface area contributed by atoms with Gasteiger partial charge in [-0.15, -0.1) is 0 Å². The van der Waals surface area contributed by atoms with E-state index in [4.69, 9.17) is 19.1 Å². The second kappa shape index (κ2) is 9.54. The Kier molecular flexibility index (Phi) is 6.37. The van der Waals surface area contributed by atoms with Gasteiger partial charge in [0.05, 0.1) is 19.3 Å². The molecule has 12 nitrogen and oxygen atoms in total. The topological polar surface area (TPSA) is 186 Å². The van der Waals surface area contributed by atoms with E-state index in [1.807, 2.05) is 6.92 Å².